The molecule has 3 aromatic rings. The third kappa shape index (κ3) is 21.9. The third-order valence-electron chi connectivity index (χ3n) is 9.25. The number of hydrogen-bond donors (Lipinski definition) is 1. The van der Waals surface area contributed by atoms with Crippen LogP contribution in [0.2, 0.25) is 0 Å². The van der Waals surface area contributed by atoms with Crippen LogP contribution < -0.4 is 5.32 Å². The summed E-state index contributed by atoms with van der Waals surface area (Å²) >= 11 is 0. The smallest absolute Gasteiger partial charge is 0.466 e. The second kappa shape index (κ2) is 29.2. The zero-order valence-corrected chi connectivity index (χ0v) is 34.9. The van der Waals surface area contributed by atoms with Gasteiger partial charge in [-0.05, 0) is 30.0 Å². The minimum absolute atomic E-state index is 0.0422. The van der Waals surface area contributed by atoms with Crippen molar-refractivity contribution in [3.05, 3.63) is 108 Å². The monoisotopic (exact) mass is 809 g/mol. The van der Waals surface area contributed by atoms with Crippen LogP contribution in [0.5, 0.6) is 0 Å². The van der Waals surface area contributed by atoms with Gasteiger partial charge in [0.25, 0.3) is 0 Å². The summed E-state index contributed by atoms with van der Waals surface area (Å²) in [4.78, 5) is 38.7. The number of nitrogens with one attached hydrogen (secondary N) is 1. The van der Waals surface area contributed by atoms with Crippen LogP contribution in [0.25, 0.3) is 0 Å². The predicted molar refractivity (Wildman–Crippen MR) is 221 cm³/mol. The lowest BCUT2D eigenvalue weighted by Gasteiger charge is -2.27. The van der Waals surface area contributed by atoms with Gasteiger partial charge in [0.2, 0.25) is 0 Å². The fraction of sp³-hybridized carbons (Fsp3) is 0.533. The molecule has 3 rings (SSSR count). The first-order valence-corrected chi connectivity index (χ1v) is 22.2. The second-order valence-corrected chi connectivity index (χ2v) is 15.8. The highest BCUT2D eigenvalue weighted by Gasteiger charge is 2.37. The number of rotatable bonds is 31. The number of esters is 2. The number of phosphoric acid groups is 1. The zero-order chi connectivity index (χ0) is 40.8. The number of amides is 1. The average Bonchev–Trinajstić information content (AvgIpc) is 3.23. The molecule has 0 aliphatic carbocycles. The summed E-state index contributed by atoms with van der Waals surface area (Å²) in [5.74, 6) is -1.12. The van der Waals surface area contributed by atoms with Gasteiger partial charge in [0.05, 0.1) is 25.9 Å². The number of carbonyl (C=O) groups is 3. The van der Waals surface area contributed by atoms with Crippen molar-refractivity contribution in [2.24, 2.45) is 0 Å². The maximum atomic E-state index is 14.1. The summed E-state index contributed by atoms with van der Waals surface area (Å²) in [6.07, 6.45) is 14.4. The molecular weight excluding hydrogens is 745 g/mol. The van der Waals surface area contributed by atoms with Crippen molar-refractivity contribution in [3.63, 3.8) is 0 Å². The van der Waals surface area contributed by atoms with E-state index in [4.69, 9.17) is 27.8 Å². The Morgan fingerprint density at radius 1 is 0.561 bits per heavy atom. The molecule has 1 amide bonds. The Morgan fingerprint density at radius 3 is 1.56 bits per heavy atom. The molecule has 3 atom stereocenters. The molecule has 0 aromatic heterocycles. The topological polar surface area (TPSA) is 136 Å². The van der Waals surface area contributed by atoms with Crippen molar-refractivity contribution < 1.29 is 46.7 Å². The summed E-state index contributed by atoms with van der Waals surface area (Å²) in [6.45, 7) is 3.41. The maximum absolute atomic E-state index is 14.1. The molecule has 0 aliphatic rings. The highest BCUT2D eigenvalue weighted by atomic mass is 31.2. The minimum Gasteiger partial charge on any atom is -0.466 e. The molecule has 0 fully saturated rings. The molecular formula is C45H64NO10P. The van der Waals surface area contributed by atoms with E-state index in [1.165, 1.54) is 71.1 Å². The Bertz CT molecular complexity index is 1560. The molecule has 0 heterocycles. The standard InChI is InChI=1S/C45H64NO10P/c1-3-4-5-6-7-8-9-10-11-12-13-14-24-32-42(47)51-33-25-34-54-57(50,55-37-41-30-22-17-23-31-41)56-38(2)43(44(48)52-35-39-26-18-15-19-27-39)46-45(49)53-36-40-28-20-16-21-29-40/h15-23,26-31,38,43H,3-14,24-25,32-37H2,1-2H3,(H,46,49)/t38-,43+,57?/m1/s1. The Hall–Kier alpha value is -4.02. The molecule has 57 heavy (non-hydrogen) atoms. The lowest BCUT2D eigenvalue weighted by Crippen LogP contribution is -2.49. The normalized spacial score (nSPS) is 13.2. The van der Waals surface area contributed by atoms with Crippen LogP contribution >= 0.6 is 7.82 Å². The molecule has 11 nitrogen and oxygen atoms in total. The van der Waals surface area contributed by atoms with Crippen LogP contribution in [0.1, 0.15) is 127 Å². The van der Waals surface area contributed by atoms with Crippen LogP contribution in [-0.2, 0) is 61.8 Å². The molecule has 0 spiro atoms. The molecule has 0 radical (unpaired) electrons. The first-order chi connectivity index (χ1) is 27.8. The Morgan fingerprint density at radius 2 is 1.04 bits per heavy atom. The Balaban J connectivity index is 1.48. The van der Waals surface area contributed by atoms with E-state index in [0.717, 1.165) is 30.4 Å². The lowest BCUT2D eigenvalue weighted by molar-refractivity contribution is -0.150. The molecule has 1 N–H and O–H groups in total. The Labute approximate surface area is 340 Å². The Kier molecular flexibility index (Phi) is 24.3. The van der Waals surface area contributed by atoms with Crippen LogP contribution in [-0.4, -0.2) is 43.4 Å². The van der Waals surface area contributed by atoms with Gasteiger partial charge in [-0.15, -0.1) is 0 Å². The van der Waals surface area contributed by atoms with Gasteiger partial charge in [-0.2, -0.15) is 0 Å². The second-order valence-electron chi connectivity index (χ2n) is 14.2. The average molecular weight is 810 g/mol. The van der Waals surface area contributed by atoms with Crippen molar-refractivity contribution in [2.45, 2.75) is 142 Å². The van der Waals surface area contributed by atoms with Gasteiger partial charge < -0.3 is 19.5 Å². The van der Waals surface area contributed by atoms with Gasteiger partial charge in [0.15, 0.2) is 6.04 Å². The number of hydrogen-bond acceptors (Lipinski definition) is 10. The van der Waals surface area contributed by atoms with Gasteiger partial charge >= 0.3 is 25.9 Å². The van der Waals surface area contributed by atoms with E-state index in [1.54, 1.807) is 36.4 Å². The third-order valence-corrected chi connectivity index (χ3v) is 10.8. The summed E-state index contributed by atoms with van der Waals surface area (Å²) in [5.41, 5.74) is 2.19. The van der Waals surface area contributed by atoms with E-state index in [-0.39, 0.29) is 45.4 Å². The van der Waals surface area contributed by atoms with Crippen LogP contribution in [0, 0.1) is 0 Å². The van der Waals surface area contributed by atoms with E-state index in [9.17, 15) is 18.9 Å². The van der Waals surface area contributed by atoms with Crippen LogP contribution in [0.3, 0.4) is 0 Å². The summed E-state index contributed by atoms with van der Waals surface area (Å²) < 4.78 is 47.6. The molecule has 0 bridgehead atoms. The first-order valence-electron chi connectivity index (χ1n) is 20.7. The van der Waals surface area contributed by atoms with E-state index < -0.39 is 32.0 Å². The van der Waals surface area contributed by atoms with Gasteiger partial charge in [-0.1, -0.05) is 175 Å². The van der Waals surface area contributed by atoms with Crippen molar-refractivity contribution in [2.75, 3.05) is 13.2 Å². The highest BCUT2D eigenvalue weighted by molar-refractivity contribution is 7.48. The van der Waals surface area contributed by atoms with Gasteiger partial charge in [-0.25, -0.2) is 14.2 Å². The van der Waals surface area contributed by atoms with Crippen molar-refractivity contribution in [1.82, 2.24) is 5.32 Å². The number of alkyl carbamates (subject to hydrolysis) is 1. The van der Waals surface area contributed by atoms with Crippen LogP contribution in [0.15, 0.2) is 91.0 Å². The fourth-order valence-electron chi connectivity index (χ4n) is 5.95. The van der Waals surface area contributed by atoms with Crippen molar-refractivity contribution in [3.8, 4) is 0 Å². The molecule has 1 unspecified atom stereocenters. The molecule has 0 aliphatic heterocycles. The predicted octanol–water partition coefficient (Wildman–Crippen LogP) is 11.2. The minimum atomic E-state index is -4.37. The quantitative estimate of drug-likeness (QED) is 0.0289. The first kappa shape index (κ1) is 47.4. The SMILES string of the molecule is CCCCCCCCCCCCCCCC(=O)OCCCOP(=O)(OCc1ccccc1)O[C@H](C)[C@H](NC(=O)OCc1ccccc1)C(=O)OCc1ccccc1. The molecule has 12 heteroatoms. The summed E-state index contributed by atoms with van der Waals surface area (Å²) in [7, 11) is -4.37. The molecule has 314 valence electrons. The highest BCUT2D eigenvalue weighted by Crippen LogP contribution is 2.51. The van der Waals surface area contributed by atoms with E-state index >= 15 is 0 Å². The molecule has 0 saturated heterocycles. The number of unbranched alkanes of at least 4 members (excludes halogenated alkanes) is 12. The number of benzene rings is 3. The van der Waals surface area contributed by atoms with Crippen LogP contribution in [0.4, 0.5) is 4.79 Å². The maximum Gasteiger partial charge on any atom is 0.475 e. The molecule has 0 saturated carbocycles. The fourth-order valence-corrected chi connectivity index (χ4v) is 7.33. The van der Waals surface area contributed by atoms with E-state index in [2.05, 4.69) is 12.2 Å². The van der Waals surface area contributed by atoms with Gasteiger partial charge in [-0.3, -0.25) is 18.4 Å². The van der Waals surface area contributed by atoms with E-state index in [0.29, 0.717) is 12.0 Å². The molecule has 3 aromatic carbocycles. The van der Waals surface area contributed by atoms with Gasteiger partial charge in [0, 0.05) is 12.8 Å². The lowest BCUT2D eigenvalue weighted by atomic mass is 10.0. The largest absolute Gasteiger partial charge is 0.475 e. The van der Waals surface area contributed by atoms with Gasteiger partial charge in [0.1, 0.15) is 13.2 Å². The summed E-state index contributed by atoms with van der Waals surface area (Å²) in [5, 5.41) is 2.50. The number of ether oxygens (including phenoxy) is 3. The number of carbonyl (C=O) groups excluding carboxylic acids is 3. The summed E-state index contributed by atoms with van der Waals surface area (Å²) in [6, 6.07) is 25.7. The number of phosphoric ester groups is 1. The van der Waals surface area contributed by atoms with Crippen molar-refractivity contribution in [1.29, 1.82) is 0 Å². The van der Waals surface area contributed by atoms with Crippen molar-refractivity contribution >= 4 is 25.9 Å². The zero-order valence-electron chi connectivity index (χ0n) is 34.0. The van der Waals surface area contributed by atoms with E-state index in [1.807, 2.05) is 54.6 Å².